The molecular formula is C21H21N3O4S. The molecule has 2 N–H and O–H groups in total. The van der Waals surface area contributed by atoms with E-state index in [9.17, 15) is 9.59 Å². The van der Waals surface area contributed by atoms with Crippen LogP contribution in [-0.4, -0.2) is 31.0 Å². The molecule has 0 saturated heterocycles. The molecule has 7 nitrogen and oxygen atoms in total. The Balaban J connectivity index is 1.67. The summed E-state index contributed by atoms with van der Waals surface area (Å²) in [6.45, 7) is 1.90. The van der Waals surface area contributed by atoms with Crippen molar-refractivity contribution in [3.63, 3.8) is 0 Å². The molecule has 8 heteroatoms. The summed E-state index contributed by atoms with van der Waals surface area (Å²) in [6.07, 6.45) is 0. The molecule has 0 aliphatic carbocycles. The zero-order chi connectivity index (χ0) is 20.8. The standard InChI is InChI=1S/C21H21N3O4S/c1-13(14-7-5-4-6-8-14)22-20(26)18-12-29-21(23-18)24-19(25)15-9-16(27-2)11-17(10-15)28-3/h4-13H,1-3H3,(H,22,26)(H,23,24,25)/t13-/m0/s1. The van der Waals surface area contributed by atoms with E-state index in [4.69, 9.17) is 9.47 Å². The number of carbonyl (C=O) groups is 2. The minimum Gasteiger partial charge on any atom is -0.497 e. The van der Waals surface area contributed by atoms with E-state index in [0.29, 0.717) is 22.2 Å². The number of hydrogen-bond acceptors (Lipinski definition) is 6. The number of thiazole rings is 1. The average molecular weight is 411 g/mol. The largest absolute Gasteiger partial charge is 0.497 e. The summed E-state index contributed by atoms with van der Waals surface area (Å²) in [5.74, 6) is 0.328. The van der Waals surface area contributed by atoms with Crippen LogP contribution in [0.4, 0.5) is 5.13 Å². The number of nitrogens with zero attached hydrogens (tertiary/aromatic N) is 1. The monoisotopic (exact) mass is 411 g/mol. The Labute approximate surface area is 172 Å². The van der Waals surface area contributed by atoms with Gasteiger partial charge in [0.1, 0.15) is 17.2 Å². The zero-order valence-corrected chi connectivity index (χ0v) is 17.1. The van der Waals surface area contributed by atoms with Crippen LogP contribution >= 0.6 is 11.3 Å². The van der Waals surface area contributed by atoms with Crippen LogP contribution in [0.25, 0.3) is 0 Å². The molecule has 2 amide bonds. The summed E-state index contributed by atoms with van der Waals surface area (Å²) in [5.41, 5.74) is 1.60. The van der Waals surface area contributed by atoms with Gasteiger partial charge in [-0.25, -0.2) is 4.98 Å². The Bertz CT molecular complexity index is 982. The van der Waals surface area contributed by atoms with Crippen LogP contribution in [0.3, 0.4) is 0 Å². The minimum atomic E-state index is -0.374. The summed E-state index contributed by atoms with van der Waals surface area (Å²) < 4.78 is 10.4. The van der Waals surface area contributed by atoms with Gasteiger partial charge in [0.05, 0.1) is 20.3 Å². The van der Waals surface area contributed by atoms with Gasteiger partial charge in [0.2, 0.25) is 0 Å². The average Bonchev–Trinajstić information content (AvgIpc) is 3.22. The lowest BCUT2D eigenvalue weighted by molar-refractivity contribution is 0.0934. The van der Waals surface area contributed by atoms with Crippen LogP contribution < -0.4 is 20.1 Å². The topological polar surface area (TPSA) is 89.6 Å². The smallest absolute Gasteiger partial charge is 0.271 e. The van der Waals surface area contributed by atoms with Crippen molar-refractivity contribution < 1.29 is 19.1 Å². The number of hydrogen-bond donors (Lipinski definition) is 2. The summed E-state index contributed by atoms with van der Waals surface area (Å²) >= 11 is 1.18. The normalized spacial score (nSPS) is 11.4. The van der Waals surface area contributed by atoms with Crippen molar-refractivity contribution in [2.24, 2.45) is 0 Å². The molecule has 0 fully saturated rings. The molecule has 1 heterocycles. The van der Waals surface area contributed by atoms with E-state index in [-0.39, 0.29) is 23.6 Å². The van der Waals surface area contributed by atoms with E-state index in [0.717, 1.165) is 5.56 Å². The molecule has 1 aromatic heterocycles. The highest BCUT2D eigenvalue weighted by Crippen LogP contribution is 2.24. The predicted molar refractivity (Wildman–Crippen MR) is 112 cm³/mol. The molecule has 0 saturated carbocycles. The van der Waals surface area contributed by atoms with Crippen LogP contribution in [0, 0.1) is 0 Å². The molecule has 1 atom stereocenters. The van der Waals surface area contributed by atoms with Gasteiger partial charge in [-0.2, -0.15) is 0 Å². The maximum atomic E-state index is 12.5. The second-order valence-electron chi connectivity index (χ2n) is 6.20. The fourth-order valence-electron chi connectivity index (χ4n) is 2.64. The number of benzene rings is 2. The number of methoxy groups -OCH3 is 2. The molecule has 0 radical (unpaired) electrons. The van der Waals surface area contributed by atoms with E-state index in [2.05, 4.69) is 15.6 Å². The second-order valence-corrected chi connectivity index (χ2v) is 7.06. The number of anilines is 1. The Kier molecular flexibility index (Phi) is 6.46. The number of nitrogens with one attached hydrogen (secondary N) is 2. The Morgan fingerprint density at radius 3 is 2.28 bits per heavy atom. The van der Waals surface area contributed by atoms with Gasteiger partial charge < -0.3 is 14.8 Å². The van der Waals surface area contributed by atoms with Gasteiger partial charge in [0.25, 0.3) is 11.8 Å². The Hall–Kier alpha value is -3.39. The zero-order valence-electron chi connectivity index (χ0n) is 16.3. The summed E-state index contributed by atoms with van der Waals surface area (Å²) in [4.78, 5) is 29.2. The van der Waals surface area contributed by atoms with Crippen LogP contribution in [0.1, 0.15) is 39.4 Å². The molecule has 0 unspecified atom stereocenters. The molecule has 3 aromatic rings. The number of ether oxygens (including phenoxy) is 2. The Morgan fingerprint density at radius 1 is 1.00 bits per heavy atom. The van der Waals surface area contributed by atoms with Crippen molar-refractivity contribution in [3.05, 3.63) is 70.7 Å². The van der Waals surface area contributed by atoms with E-state index in [1.54, 1.807) is 23.6 Å². The highest BCUT2D eigenvalue weighted by molar-refractivity contribution is 7.14. The molecule has 150 valence electrons. The first-order valence-corrected chi connectivity index (χ1v) is 9.74. The maximum Gasteiger partial charge on any atom is 0.271 e. The number of aromatic nitrogens is 1. The number of rotatable bonds is 7. The molecule has 0 aliphatic rings. The van der Waals surface area contributed by atoms with E-state index < -0.39 is 0 Å². The lowest BCUT2D eigenvalue weighted by Gasteiger charge is -2.13. The first kappa shape index (κ1) is 20.3. The third-order valence-electron chi connectivity index (χ3n) is 4.22. The highest BCUT2D eigenvalue weighted by Gasteiger charge is 2.16. The van der Waals surface area contributed by atoms with Gasteiger partial charge in [0, 0.05) is 17.0 Å². The third-order valence-corrected chi connectivity index (χ3v) is 4.98. The first-order chi connectivity index (χ1) is 14.0. The van der Waals surface area contributed by atoms with Gasteiger partial charge in [-0.1, -0.05) is 30.3 Å². The van der Waals surface area contributed by atoms with Gasteiger partial charge in [0.15, 0.2) is 5.13 Å². The van der Waals surface area contributed by atoms with Crippen LogP contribution in [0.15, 0.2) is 53.9 Å². The van der Waals surface area contributed by atoms with Gasteiger partial charge in [-0.3, -0.25) is 14.9 Å². The highest BCUT2D eigenvalue weighted by atomic mass is 32.1. The van der Waals surface area contributed by atoms with Crippen LogP contribution in [0.5, 0.6) is 11.5 Å². The van der Waals surface area contributed by atoms with Gasteiger partial charge >= 0.3 is 0 Å². The molecule has 2 aromatic carbocycles. The van der Waals surface area contributed by atoms with Crippen molar-refractivity contribution in [1.82, 2.24) is 10.3 Å². The first-order valence-electron chi connectivity index (χ1n) is 8.86. The molecule has 0 spiro atoms. The fourth-order valence-corrected chi connectivity index (χ4v) is 3.32. The molecule has 0 bridgehead atoms. The van der Waals surface area contributed by atoms with Crippen molar-refractivity contribution in [2.75, 3.05) is 19.5 Å². The van der Waals surface area contributed by atoms with Crippen LogP contribution in [0.2, 0.25) is 0 Å². The van der Waals surface area contributed by atoms with Crippen molar-refractivity contribution in [2.45, 2.75) is 13.0 Å². The minimum absolute atomic E-state index is 0.160. The quantitative estimate of drug-likeness (QED) is 0.615. The van der Waals surface area contributed by atoms with E-state index in [1.807, 2.05) is 37.3 Å². The lowest BCUT2D eigenvalue weighted by atomic mass is 10.1. The van der Waals surface area contributed by atoms with E-state index >= 15 is 0 Å². The van der Waals surface area contributed by atoms with Crippen LogP contribution in [-0.2, 0) is 0 Å². The Morgan fingerprint density at radius 2 is 1.66 bits per heavy atom. The van der Waals surface area contributed by atoms with E-state index in [1.165, 1.54) is 25.6 Å². The van der Waals surface area contributed by atoms with Gasteiger partial charge in [-0.15, -0.1) is 11.3 Å². The SMILES string of the molecule is COc1cc(OC)cc(C(=O)Nc2nc(C(=O)N[C@@H](C)c3ccccc3)cs2)c1. The van der Waals surface area contributed by atoms with Crippen molar-refractivity contribution >= 4 is 28.3 Å². The molecule has 3 rings (SSSR count). The summed E-state index contributed by atoms with van der Waals surface area (Å²) in [7, 11) is 3.03. The maximum absolute atomic E-state index is 12.5. The number of carbonyl (C=O) groups excluding carboxylic acids is 2. The molecule has 29 heavy (non-hydrogen) atoms. The fraction of sp³-hybridized carbons (Fsp3) is 0.190. The molecule has 0 aliphatic heterocycles. The lowest BCUT2D eigenvalue weighted by Crippen LogP contribution is -2.26. The molecular weight excluding hydrogens is 390 g/mol. The second kappa shape index (κ2) is 9.20. The van der Waals surface area contributed by atoms with Crippen molar-refractivity contribution in [1.29, 1.82) is 0 Å². The van der Waals surface area contributed by atoms with Crippen molar-refractivity contribution in [3.8, 4) is 11.5 Å². The van der Waals surface area contributed by atoms with Gasteiger partial charge in [-0.05, 0) is 24.6 Å². The third kappa shape index (κ3) is 5.11. The predicted octanol–water partition coefficient (Wildman–Crippen LogP) is 3.90. The summed E-state index contributed by atoms with van der Waals surface area (Å²) in [5, 5.41) is 7.53. The number of amides is 2. The summed E-state index contributed by atoms with van der Waals surface area (Å²) in [6, 6.07) is 14.4.